The second-order valence-electron chi connectivity index (χ2n) is 16.1. The first-order chi connectivity index (χ1) is 27.0. The summed E-state index contributed by atoms with van der Waals surface area (Å²) >= 11 is 0. The molecule has 6 heteroatoms. The van der Waals surface area contributed by atoms with E-state index in [1.165, 1.54) is 128 Å². The number of nitrogens with one attached hydrogen (secondary N) is 1. The number of amides is 1. The summed E-state index contributed by atoms with van der Waals surface area (Å²) in [4.78, 5) is 24.4. The van der Waals surface area contributed by atoms with Crippen LogP contribution in [0.4, 0.5) is 0 Å². The summed E-state index contributed by atoms with van der Waals surface area (Å²) in [6.07, 6.45) is 52.8. The van der Waals surface area contributed by atoms with E-state index in [-0.39, 0.29) is 18.5 Å². The number of esters is 1. The zero-order valence-corrected chi connectivity index (χ0v) is 36.4. The molecule has 0 saturated heterocycles. The highest BCUT2D eigenvalue weighted by molar-refractivity contribution is 5.76. The largest absolute Gasteiger partial charge is 0.466 e. The van der Waals surface area contributed by atoms with Crippen molar-refractivity contribution in [3.05, 3.63) is 36.5 Å². The Kier molecular flexibility index (Phi) is 43.2. The van der Waals surface area contributed by atoms with Crippen LogP contribution in [0.25, 0.3) is 0 Å². The van der Waals surface area contributed by atoms with Gasteiger partial charge in [0.05, 0.1) is 25.4 Å². The Morgan fingerprint density at radius 2 is 0.855 bits per heavy atom. The highest BCUT2D eigenvalue weighted by atomic mass is 16.5. The molecular formula is C49H91NO5. The van der Waals surface area contributed by atoms with Crippen LogP contribution in [0.1, 0.15) is 239 Å². The number of aliphatic hydroxyl groups excluding tert-OH is 2. The zero-order chi connectivity index (χ0) is 40.1. The minimum Gasteiger partial charge on any atom is -0.466 e. The summed E-state index contributed by atoms with van der Waals surface area (Å²) in [7, 11) is 0. The van der Waals surface area contributed by atoms with Crippen LogP contribution >= 0.6 is 0 Å². The van der Waals surface area contributed by atoms with E-state index >= 15 is 0 Å². The summed E-state index contributed by atoms with van der Waals surface area (Å²) < 4.78 is 5.43. The van der Waals surface area contributed by atoms with Gasteiger partial charge in [-0.05, 0) is 89.9 Å². The molecule has 1 amide bonds. The first-order valence-corrected chi connectivity index (χ1v) is 23.8. The molecule has 55 heavy (non-hydrogen) atoms. The van der Waals surface area contributed by atoms with Crippen LogP contribution in [0.2, 0.25) is 0 Å². The van der Waals surface area contributed by atoms with E-state index in [1.54, 1.807) is 6.08 Å². The molecule has 0 saturated carbocycles. The maximum absolute atomic E-state index is 12.4. The van der Waals surface area contributed by atoms with E-state index in [0.29, 0.717) is 19.4 Å². The van der Waals surface area contributed by atoms with Crippen LogP contribution in [0, 0.1) is 0 Å². The molecule has 2 unspecified atom stereocenters. The van der Waals surface area contributed by atoms with Crippen LogP contribution < -0.4 is 5.32 Å². The predicted octanol–water partition coefficient (Wildman–Crippen LogP) is 13.7. The second-order valence-corrected chi connectivity index (χ2v) is 16.1. The van der Waals surface area contributed by atoms with Gasteiger partial charge >= 0.3 is 5.97 Å². The average Bonchev–Trinajstić information content (AvgIpc) is 3.18. The molecule has 0 fully saturated rings. The highest BCUT2D eigenvalue weighted by Gasteiger charge is 2.18. The first kappa shape index (κ1) is 53.1. The average molecular weight is 774 g/mol. The molecule has 0 aliphatic carbocycles. The number of hydrogen-bond acceptors (Lipinski definition) is 5. The topological polar surface area (TPSA) is 95.9 Å². The van der Waals surface area contributed by atoms with Crippen molar-refractivity contribution in [3.63, 3.8) is 0 Å². The third-order valence-corrected chi connectivity index (χ3v) is 10.6. The number of ether oxygens (including phenoxy) is 1. The molecule has 0 aromatic rings. The Balaban J connectivity index is 3.54. The number of unbranched alkanes of at least 4 members (excludes halogenated alkanes) is 28. The smallest absolute Gasteiger partial charge is 0.305 e. The lowest BCUT2D eigenvalue weighted by Gasteiger charge is -2.20. The fourth-order valence-electron chi connectivity index (χ4n) is 6.91. The standard InChI is InChI=1S/C49H91NO5/c1-3-5-7-9-11-13-15-16-17-18-23-27-31-35-39-43-49(54)55-44-40-36-32-28-24-20-19-22-26-30-34-38-42-48(53)50-46(45-51)47(52)41-37-33-29-25-21-14-12-10-8-6-4-2/h16-17,20,24,37,41,46-47,51-52H,3-15,18-19,21-23,25-36,38-40,42-45H2,1-2H3,(H,50,53)/b17-16-,24-20-,41-37+. The number of rotatable bonds is 43. The predicted molar refractivity (Wildman–Crippen MR) is 236 cm³/mol. The molecule has 0 bridgehead atoms. The van der Waals surface area contributed by atoms with Crippen molar-refractivity contribution < 1.29 is 24.5 Å². The molecule has 0 rings (SSSR count). The Labute approximate surface area is 341 Å². The van der Waals surface area contributed by atoms with Gasteiger partial charge in [-0.2, -0.15) is 0 Å². The minimum atomic E-state index is -0.859. The van der Waals surface area contributed by atoms with Crippen molar-refractivity contribution in [2.75, 3.05) is 13.2 Å². The molecule has 0 aromatic carbocycles. The summed E-state index contributed by atoms with van der Waals surface area (Å²) in [5, 5.41) is 22.9. The fraction of sp³-hybridized carbons (Fsp3) is 0.837. The Morgan fingerprint density at radius 3 is 1.29 bits per heavy atom. The number of hydrogen-bond donors (Lipinski definition) is 3. The van der Waals surface area contributed by atoms with E-state index in [4.69, 9.17) is 4.74 Å². The molecular weight excluding hydrogens is 683 g/mol. The molecule has 0 aliphatic rings. The molecule has 0 heterocycles. The number of carbonyl (C=O) groups excluding carboxylic acids is 2. The van der Waals surface area contributed by atoms with Crippen LogP contribution in [0.3, 0.4) is 0 Å². The number of aliphatic hydroxyl groups is 2. The van der Waals surface area contributed by atoms with Gasteiger partial charge < -0.3 is 20.3 Å². The Hall–Kier alpha value is -1.92. The molecule has 0 spiro atoms. The van der Waals surface area contributed by atoms with Gasteiger partial charge in [0, 0.05) is 12.8 Å². The van der Waals surface area contributed by atoms with Gasteiger partial charge in [0.15, 0.2) is 0 Å². The van der Waals surface area contributed by atoms with Gasteiger partial charge in [-0.15, -0.1) is 0 Å². The van der Waals surface area contributed by atoms with Crippen molar-refractivity contribution in [3.8, 4) is 0 Å². The lowest BCUT2D eigenvalue weighted by molar-refractivity contribution is -0.143. The van der Waals surface area contributed by atoms with Gasteiger partial charge in [0.1, 0.15) is 0 Å². The summed E-state index contributed by atoms with van der Waals surface area (Å²) in [6.45, 7) is 4.80. The monoisotopic (exact) mass is 774 g/mol. The van der Waals surface area contributed by atoms with Crippen molar-refractivity contribution >= 4 is 11.9 Å². The SMILES string of the molecule is CCCCCCCC/C=C\CCCCCCCC(=O)OCCCCC/C=C\CCCCCCCC(=O)NC(CO)C(O)/C=C/CCCCCCCCCCC. The molecule has 0 aliphatic heterocycles. The lowest BCUT2D eigenvalue weighted by atomic mass is 10.1. The molecule has 0 aromatic heterocycles. The summed E-state index contributed by atoms with van der Waals surface area (Å²) in [5.41, 5.74) is 0. The van der Waals surface area contributed by atoms with E-state index in [1.807, 2.05) is 6.08 Å². The van der Waals surface area contributed by atoms with Crippen molar-refractivity contribution in [2.45, 2.75) is 251 Å². The van der Waals surface area contributed by atoms with Crippen LogP contribution in [0.15, 0.2) is 36.5 Å². The van der Waals surface area contributed by atoms with Gasteiger partial charge in [-0.25, -0.2) is 0 Å². The lowest BCUT2D eigenvalue weighted by Crippen LogP contribution is -2.45. The second kappa shape index (κ2) is 44.8. The summed E-state index contributed by atoms with van der Waals surface area (Å²) in [5.74, 6) is -0.130. The van der Waals surface area contributed by atoms with Crippen molar-refractivity contribution in [2.24, 2.45) is 0 Å². The molecule has 3 N–H and O–H groups in total. The molecule has 322 valence electrons. The van der Waals surface area contributed by atoms with E-state index in [2.05, 4.69) is 43.5 Å². The highest BCUT2D eigenvalue weighted by Crippen LogP contribution is 2.13. The maximum atomic E-state index is 12.4. The normalized spacial score (nSPS) is 13.0. The zero-order valence-electron chi connectivity index (χ0n) is 36.4. The number of allylic oxidation sites excluding steroid dienone is 5. The maximum Gasteiger partial charge on any atom is 0.305 e. The van der Waals surface area contributed by atoms with Gasteiger partial charge in [-0.3, -0.25) is 9.59 Å². The Bertz CT molecular complexity index is 900. The minimum absolute atomic E-state index is 0.0335. The van der Waals surface area contributed by atoms with E-state index in [0.717, 1.165) is 83.5 Å². The van der Waals surface area contributed by atoms with Crippen LogP contribution in [-0.4, -0.2) is 47.4 Å². The third-order valence-electron chi connectivity index (χ3n) is 10.6. The first-order valence-electron chi connectivity index (χ1n) is 23.8. The Morgan fingerprint density at radius 1 is 0.491 bits per heavy atom. The molecule has 6 nitrogen and oxygen atoms in total. The van der Waals surface area contributed by atoms with Crippen molar-refractivity contribution in [1.29, 1.82) is 0 Å². The van der Waals surface area contributed by atoms with Gasteiger partial charge in [0.2, 0.25) is 5.91 Å². The quantitative estimate of drug-likeness (QED) is 0.0326. The van der Waals surface area contributed by atoms with Crippen molar-refractivity contribution in [1.82, 2.24) is 5.32 Å². The van der Waals surface area contributed by atoms with Gasteiger partial charge in [-0.1, -0.05) is 172 Å². The van der Waals surface area contributed by atoms with Crippen LogP contribution in [-0.2, 0) is 14.3 Å². The molecule has 2 atom stereocenters. The number of carbonyl (C=O) groups is 2. The third kappa shape index (κ3) is 41.5. The summed E-state index contributed by atoms with van der Waals surface area (Å²) in [6, 6.07) is -0.645. The van der Waals surface area contributed by atoms with E-state index < -0.39 is 12.1 Å². The van der Waals surface area contributed by atoms with Gasteiger partial charge in [0.25, 0.3) is 0 Å². The molecule has 0 radical (unpaired) electrons. The van der Waals surface area contributed by atoms with E-state index in [9.17, 15) is 19.8 Å². The fourth-order valence-corrected chi connectivity index (χ4v) is 6.91. The van der Waals surface area contributed by atoms with Crippen LogP contribution in [0.5, 0.6) is 0 Å².